The van der Waals surface area contributed by atoms with Gasteiger partial charge in [-0.1, -0.05) is 32.0 Å². The molecule has 1 aromatic heterocycles. The average molecular weight is 244 g/mol. The molecule has 0 bridgehead atoms. The third-order valence-electron chi connectivity index (χ3n) is 2.94. The topological polar surface area (TPSA) is 55.9 Å². The highest BCUT2D eigenvalue weighted by Gasteiger charge is 2.16. The molecular formula is C14H20N4. The van der Waals surface area contributed by atoms with Crippen LogP contribution < -0.4 is 11.3 Å². The predicted molar refractivity (Wildman–Crippen MR) is 73.1 cm³/mol. The summed E-state index contributed by atoms with van der Waals surface area (Å²) in [7, 11) is 0. The molecule has 0 saturated heterocycles. The lowest BCUT2D eigenvalue weighted by molar-refractivity contribution is 0.423. The van der Waals surface area contributed by atoms with Crippen molar-refractivity contribution in [3.8, 4) is 5.69 Å². The molecular weight excluding hydrogens is 224 g/mol. The van der Waals surface area contributed by atoms with Crippen LogP contribution in [0, 0.1) is 5.92 Å². The smallest absolute Gasteiger partial charge is 0.0649 e. The minimum atomic E-state index is 0.118. The van der Waals surface area contributed by atoms with E-state index in [1.165, 1.54) is 0 Å². The van der Waals surface area contributed by atoms with Gasteiger partial charge in [-0.3, -0.25) is 11.3 Å². The zero-order valence-electron chi connectivity index (χ0n) is 10.9. The molecule has 1 atom stereocenters. The van der Waals surface area contributed by atoms with Crippen molar-refractivity contribution in [3.05, 3.63) is 48.3 Å². The van der Waals surface area contributed by atoms with Gasteiger partial charge in [0.05, 0.1) is 17.4 Å². The molecule has 1 heterocycles. The van der Waals surface area contributed by atoms with Crippen LogP contribution in [-0.4, -0.2) is 9.78 Å². The van der Waals surface area contributed by atoms with E-state index in [0.717, 1.165) is 17.8 Å². The van der Waals surface area contributed by atoms with Gasteiger partial charge in [-0.25, -0.2) is 4.68 Å². The highest BCUT2D eigenvalue weighted by atomic mass is 15.3. The summed E-state index contributed by atoms with van der Waals surface area (Å²) in [6.45, 7) is 4.38. The largest absolute Gasteiger partial charge is 0.271 e. The van der Waals surface area contributed by atoms with Crippen LogP contribution in [0.4, 0.5) is 0 Å². The molecule has 1 aromatic carbocycles. The van der Waals surface area contributed by atoms with E-state index in [4.69, 9.17) is 5.84 Å². The quantitative estimate of drug-likeness (QED) is 0.627. The fraction of sp³-hybridized carbons (Fsp3) is 0.357. The van der Waals surface area contributed by atoms with Gasteiger partial charge in [0.15, 0.2) is 0 Å². The molecule has 0 aliphatic heterocycles. The molecule has 2 aromatic rings. The summed E-state index contributed by atoms with van der Waals surface area (Å²) in [6.07, 6.45) is 2.79. The molecule has 2 rings (SSSR count). The summed E-state index contributed by atoms with van der Waals surface area (Å²) in [5.74, 6) is 6.24. The Kier molecular flexibility index (Phi) is 4.12. The molecule has 0 radical (unpaired) electrons. The summed E-state index contributed by atoms with van der Waals surface area (Å²) in [5, 5.41) is 4.38. The molecule has 0 fully saturated rings. The van der Waals surface area contributed by atoms with Gasteiger partial charge < -0.3 is 0 Å². The number of aromatic nitrogens is 2. The van der Waals surface area contributed by atoms with Gasteiger partial charge in [-0.2, -0.15) is 5.10 Å². The van der Waals surface area contributed by atoms with Crippen molar-refractivity contribution in [2.45, 2.75) is 26.3 Å². The number of para-hydroxylation sites is 1. The Bertz CT molecular complexity index is 476. The van der Waals surface area contributed by atoms with Crippen molar-refractivity contribution in [1.82, 2.24) is 15.2 Å². The number of rotatable bonds is 5. The van der Waals surface area contributed by atoms with Gasteiger partial charge in [0.2, 0.25) is 0 Å². The van der Waals surface area contributed by atoms with Crippen LogP contribution in [0.3, 0.4) is 0 Å². The first kappa shape index (κ1) is 12.8. The number of hydrazine groups is 1. The number of nitrogens with one attached hydrogen (secondary N) is 1. The molecule has 1 unspecified atom stereocenters. The second kappa shape index (κ2) is 5.80. The zero-order valence-corrected chi connectivity index (χ0v) is 10.9. The summed E-state index contributed by atoms with van der Waals surface area (Å²) in [4.78, 5) is 0. The van der Waals surface area contributed by atoms with Crippen LogP contribution in [-0.2, 0) is 0 Å². The Morgan fingerprint density at radius 2 is 1.94 bits per heavy atom. The van der Waals surface area contributed by atoms with Gasteiger partial charge >= 0.3 is 0 Å². The molecule has 0 spiro atoms. The van der Waals surface area contributed by atoms with E-state index in [1.54, 1.807) is 0 Å². The number of benzene rings is 1. The number of nitrogens with two attached hydrogens (primary N) is 1. The summed E-state index contributed by atoms with van der Waals surface area (Å²) in [5.41, 5.74) is 5.04. The molecule has 96 valence electrons. The van der Waals surface area contributed by atoms with Crippen LogP contribution in [0.5, 0.6) is 0 Å². The molecule has 0 saturated carbocycles. The molecule has 4 nitrogen and oxygen atoms in total. The first-order chi connectivity index (χ1) is 8.72. The lowest BCUT2D eigenvalue weighted by Crippen LogP contribution is -2.30. The van der Waals surface area contributed by atoms with E-state index in [1.807, 2.05) is 47.3 Å². The average Bonchev–Trinajstić information content (AvgIpc) is 2.86. The van der Waals surface area contributed by atoms with E-state index in [2.05, 4.69) is 24.4 Å². The number of hydrogen-bond acceptors (Lipinski definition) is 3. The maximum Gasteiger partial charge on any atom is 0.0649 e. The molecule has 18 heavy (non-hydrogen) atoms. The molecule has 4 heteroatoms. The fourth-order valence-electron chi connectivity index (χ4n) is 2.11. The minimum Gasteiger partial charge on any atom is -0.271 e. The fourth-order valence-corrected chi connectivity index (χ4v) is 2.11. The molecule has 0 aliphatic rings. The van der Waals surface area contributed by atoms with Crippen molar-refractivity contribution in [2.75, 3.05) is 0 Å². The van der Waals surface area contributed by atoms with Crippen LogP contribution >= 0.6 is 0 Å². The van der Waals surface area contributed by atoms with Crippen molar-refractivity contribution in [1.29, 1.82) is 0 Å². The van der Waals surface area contributed by atoms with Crippen LogP contribution in [0.1, 0.15) is 32.0 Å². The maximum absolute atomic E-state index is 5.67. The van der Waals surface area contributed by atoms with Gasteiger partial charge in [0.1, 0.15) is 0 Å². The SMILES string of the molecule is CC(C)CC(NN)c1ccnn1-c1ccccc1. The number of nitrogens with zero attached hydrogens (tertiary/aromatic N) is 2. The van der Waals surface area contributed by atoms with E-state index >= 15 is 0 Å². The van der Waals surface area contributed by atoms with Crippen LogP contribution in [0.25, 0.3) is 5.69 Å². The Labute approximate surface area is 108 Å². The maximum atomic E-state index is 5.67. The van der Waals surface area contributed by atoms with Crippen LogP contribution in [0.15, 0.2) is 42.6 Å². The first-order valence-corrected chi connectivity index (χ1v) is 6.28. The summed E-state index contributed by atoms with van der Waals surface area (Å²) in [6, 6.07) is 12.2. The molecule has 0 aliphatic carbocycles. The second-order valence-corrected chi connectivity index (χ2v) is 4.85. The standard InChI is InChI=1S/C14H20N4/c1-11(2)10-13(17-15)14-8-9-16-18(14)12-6-4-3-5-7-12/h3-9,11,13,17H,10,15H2,1-2H3. The van der Waals surface area contributed by atoms with Crippen molar-refractivity contribution >= 4 is 0 Å². The van der Waals surface area contributed by atoms with Gasteiger partial charge in [0.25, 0.3) is 0 Å². The van der Waals surface area contributed by atoms with Crippen molar-refractivity contribution < 1.29 is 0 Å². The first-order valence-electron chi connectivity index (χ1n) is 6.28. The lowest BCUT2D eigenvalue weighted by atomic mass is 10.0. The molecule has 0 amide bonds. The van der Waals surface area contributed by atoms with E-state index in [0.29, 0.717) is 5.92 Å². The number of hydrogen-bond donors (Lipinski definition) is 2. The Balaban J connectivity index is 2.32. The lowest BCUT2D eigenvalue weighted by Gasteiger charge is -2.19. The van der Waals surface area contributed by atoms with E-state index in [9.17, 15) is 0 Å². The Morgan fingerprint density at radius 1 is 1.22 bits per heavy atom. The minimum absolute atomic E-state index is 0.118. The highest BCUT2D eigenvalue weighted by molar-refractivity contribution is 5.33. The highest BCUT2D eigenvalue weighted by Crippen LogP contribution is 2.22. The van der Waals surface area contributed by atoms with Gasteiger partial charge in [-0.15, -0.1) is 0 Å². The van der Waals surface area contributed by atoms with Crippen molar-refractivity contribution in [2.24, 2.45) is 11.8 Å². The second-order valence-electron chi connectivity index (χ2n) is 4.85. The molecule has 3 N–H and O–H groups in total. The summed E-state index contributed by atoms with van der Waals surface area (Å²) < 4.78 is 1.94. The van der Waals surface area contributed by atoms with Gasteiger partial charge in [0, 0.05) is 6.20 Å². The normalized spacial score (nSPS) is 12.9. The predicted octanol–water partition coefficient (Wildman–Crippen LogP) is 2.42. The Morgan fingerprint density at radius 3 is 2.56 bits per heavy atom. The van der Waals surface area contributed by atoms with Crippen molar-refractivity contribution in [3.63, 3.8) is 0 Å². The van der Waals surface area contributed by atoms with Crippen LogP contribution in [0.2, 0.25) is 0 Å². The third-order valence-corrected chi connectivity index (χ3v) is 2.94. The van der Waals surface area contributed by atoms with E-state index < -0.39 is 0 Å². The zero-order chi connectivity index (χ0) is 13.0. The third kappa shape index (κ3) is 2.78. The van der Waals surface area contributed by atoms with E-state index in [-0.39, 0.29) is 6.04 Å². The monoisotopic (exact) mass is 244 g/mol. The Hall–Kier alpha value is -1.65. The summed E-state index contributed by atoms with van der Waals surface area (Å²) >= 11 is 0. The van der Waals surface area contributed by atoms with Gasteiger partial charge in [-0.05, 0) is 30.5 Å².